The van der Waals surface area contributed by atoms with Crippen molar-refractivity contribution in [3.63, 3.8) is 0 Å². The number of carboxylic acids is 1. The minimum atomic E-state index is -1.17. The number of benzene rings is 1. The molecule has 1 aromatic carbocycles. The van der Waals surface area contributed by atoms with Crippen molar-refractivity contribution in [2.24, 2.45) is 16.8 Å². The van der Waals surface area contributed by atoms with E-state index >= 15 is 0 Å². The van der Waals surface area contributed by atoms with E-state index in [0.29, 0.717) is 47.7 Å². The first-order valence-electron chi connectivity index (χ1n) is 12.5. The summed E-state index contributed by atoms with van der Waals surface area (Å²) in [5.74, 6) is -1.49. The summed E-state index contributed by atoms with van der Waals surface area (Å²) in [4.78, 5) is 44.0. The number of aliphatic imine (C=N–C) groups is 1. The molecule has 0 amide bonds. The Bertz CT molecular complexity index is 1130. The van der Waals surface area contributed by atoms with Gasteiger partial charge < -0.3 is 24.1 Å². The van der Waals surface area contributed by atoms with Gasteiger partial charge in [-0.1, -0.05) is 19.4 Å². The molecule has 200 valence electrons. The second-order valence-corrected chi connectivity index (χ2v) is 9.62. The molecule has 0 aromatic heterocycles. The largest absolute Gasteiger partial charge is 0.504 e. The van der Waals surface area contributed by atoms with E-state index in [2.05, 4.69) is 11.8 Å². The average Bonchev–Trinajstić information content (AvgIpc) is 3.24. The number of fused-ring (bicyclic) bond motifs is 5. The highest BCUT2D eigenvalue weighted by Gasteiger charge is 2.57. The number of hydrogen-bond donors (Lipinski definition) is 1. The Hall–Kier alpha value is -3.40. The van der Waals surface area contributed by atoms with Crippen molar-refractivity contribution in [3.05, 3.63) is 35.6 Å². The van der Waals surface area contributed by atoms with Crippen LogP contribution in [-0.4, -0.2) is 74.1 Å². The van der Waals surface area contributed by atoms with Gasteiger partial charge in [0.05, 0.1) is 69.0 Å². The maximum Gasteiger partial charge on any atom is 0.337 e. The highest BCUT2D eigenvalue weighted by Crippen LogP contribution is 2.53. The van der Waals surface area contributed by atoms with Crippen LogP contribution in [0.25, 0.3) is 0 Å². The van der Waals surface area contributed by atoms with Crippen molar-refractivity contribution >= 4 is 29.3 Å². The molecule has 4 atom stereocenters. The molecule has 0 bridgehead atoms. The van der Waals surface area contributed by atoms with Crippen LogP contribution < -0.4 is 4.74 Å². The molecule has 3 aliphatic rings. The van der Waals surface area contributed by atoms with Crippen LogP contribution in [0.1, 0.15) is 44.6 Å². The molecule has 0 saturated carbocycles. The zero-order chi connectivity index (χ0) is 26.7. The third-order valence-corrected chi connectivity index (χ3v) is 7.73. The highest BCUT2D eigenvalue weighted by molar-refractivity contribution is 6.06. The third kappa shape index (κ3) is 4.82. The molecule has 1 N–H and O–H groups in total. The lowest BCUT2D eigenvalue weighted by atomic mass is 9.70. The Morgan fingerprint density at radius 3 is 2.65 bits per heavy atom. The summed E-state index contributed by atoms with van der Waals surface area (Å²) in [5, 5.41) is 9.08. The first-order chi connectivity index (χ1) is 17.8. The molecule has 10 nitrogen and oxygen atoms in total. The summed E-state index contributed by atoms with van der Waals surface area (Å²) in [5.41, 5.74) is 1.34. The molecule has 0 spiro atoms. The Labute approximate surface area is 216 Å². The first kappa shape index (κ1) is 26.7. The normalized spacial score (nSPS) is 26.8. The topological polar surface area (TPSA) is 124 Å². The number of ether oxygens (including phenoxy) is 4. The van der Waals surface area contributed by atoms with E-state index in [1.165, 1.54) is 20.5 Å². The summed E-state index contributed by atoms with van der Waals surface area (Å²) in [6, 6.07) is 5.30. The maximum atomic E-state index is 12.9. The molecule has 1 aromatic rings. The number of esters is 2. The zero-order valence-corrected chi connectivity index (χ0v) is 21.7. The Morgan fingerprint density at radius 2 is 2.00 bits per heavy atom. The fraction of sp³-hybridized carbons (Fsp3) is 0.556. The molecule has 4 rings (SSSR count). The molecule has 10 heteroatoms. The predicted octanol–water partition coefficient (Wildman–Crippen LogP) is 3.21. The molecule has 3 heterocycles. The van der Waals surface area contributed by atoms with Gasteiger partial charge in [-0.3, -0.25) is 19.5 Å². The molecule has 0 aliphatic carbocycles. The number of carbonyl (C=O) groups is 3. The highest BCUT2D eigenvalue weighted by atomic mass is 16.6. The van der Waals surface area contributed by atoms with Crippen LogP contribution in [0, 0.1) is 11.8 Å². The number of hydrogen-bond acceptors (Lipinski definition) is 9. The molecule has 2 fully saturated rings. The van der Waals surface area contributed by atoms with Crippen LogP contribution >= 0.6 is 0 Å². The maximum absolute atomic E-state index is 12.9. The van der Waals surface area contributed by atoms with E-state index < -0.39 is 23.5 Å². The van der Waals surface area contributed by atoms with Crippen LogP contribution in [0.5, 0.6) is 5.75 Å². The van der Waals surface area contributed by atoms with Crippen LogP contribution in [0.3, 0.4) is 0 Å². The lowest BCUT2D eigenvalue weighted by molar-refractivity contribution is -0.159. The second kappa shape index (κ2) is 10.9. The second-order valence-electron chi connectivity index (χ2n) is 9.62. The number of carboxylic acid groups (broad SMARTS) is 1. The molecule has 3 aliphatic heterocycles. The minimum Gasteiger partial charge on any atom is -0.504 e. The van der Waals surface area contributed by atoms with Crippen molar-refractivity contribution in [2.45, 2.75) is 50.7 Å². The summed E-state index contributed by atoms with van der Waals surface area (Å²) in [7, 11) is 4.42. The summed E-state index contributed by atoms with van der Waals surface area (Å²) >= 11 is 0. The van der Waals surface area contributed by atoms with Crippen molar-refractivity contribution in [1.82, 2.24) is 4.90 Å². The molecule has 0 radical (unpaired) electrons. The molecule has 2 saturated heterocycles. The van der Waals surface area contributed by atoms with Crippen molar-refractivity contribution in [3.8, 4) is 5.75 Å². The van der Waals surface area contributed by atoms with Crippen LogP contribution in [0.15, 0.2) is 35.0 Å². The van der Waals surface area contributed by atoms with Gasteiger partial charge in [0.15, 0.2) is 5.60 Å². The van der Waals surface area contributed by atoms with Crippen LogP contribution in [0.4, 0.5) is 5.69 Å². The number of rotatable bonds is 9. The monoisotopic (exact) mass is 514 g/mol. The summed E-state index contributed by atoms with van der Waals surface area (Å²) in [6.45, 7) is 3.48. The minimum absolute atomic E-state index is 0.148. The van der Waals surface area contributed by atoms with E-state index in [1.807, 2.05) is 18.2 Å². The number of aliphatic carboxylic acids is 1. The van der Waals surface area contributed by atoms with Gasteiger partial charge in [0.25, 0.3) is 0 Å². The van der Waals surface area contributed by atoms with Crippen molar-refractivity contribution in [1.29, 1.82) is 0 Å². The zero-order valence-electron chi connectivity index (χ0n) is 21.7. The number of carbonyl (C=O) groups excluding carboxylic acids is 2. The lowest BCUT2D eigenvalue weighted by Gasteiger charge is -2.51. The van der Waals surface area contributed by atoms with E-state index in [9.17, 15) is 14.4 Å². The van der Waals surface area contributed by atoms with E-state index in [1.54, 1.807) is 7.11 Å². The molecule has 37 heavy (non-hydrogen) atoms. The number of piperidine rings is 2. The molecule has 0 unspecified atom stereocenters. The SMILES string of the molecule is CC[C@@H]1CN2CC[C@@]3(OC(=O)CCC(=O)O)C(=Nc4cccc(OC)c43)[C@@H]2C[C@@H]1/C(=C\OC)C(=O)OC. The lowest BCUT2D eigenvalue weighted by Crippen LogP contribution is -2.61. The van der Waals surface area contributed by atoms with Gasteiger partial charge in [-0.15, -0.1) is 0 Å². The first-order valence-corrected chi connectivity index (χ1v) is 12.5. The predicted molar refractivity (Wildman–Crippen MR) is 134 cm³/mol. The van der Waals surface area contributed by atoms with Gasteiger partial charge in [-0.25, -0.2) is 4.79 Å². The van der Waals surface area contributed by atoms with E-state index in [4.69, 9.17) is 29.0 Å². The Morgan fingerprint density at radius 1 is 1.22 bits per heavy atom. The van der Waals surface area contributed by atoms with Gasteiger partial charge in [-0.2, -0.15) is 0 Å². The number of nitrogens with zero attached hydrogens (tertiary/aromatic N) is 2. The standard InChI is InChI=1S/C27H34N2O8/c1-5-16-14-29-12-11-27(37-23(32)10-9-22(30)31)24-19(7-6-8-21(24)35-3)28-25(27)20(29)13-17(16)18(15-34-2)26(33)36-4/h6-8,15-17,20H,5,9-14H2,1-4H3,(H,30,31)/b18-15+/t16-,17+,20+,27+/m1/s1. The Kier molecular flexibility index (Phi) is 7.87. The average molecular weight is 515 g/mol. The quantitative estimate of drug-likeness (QED) is 0.300. The molecular formula is C27H34N2O8. The number of methoxy groups -OCH3 is 3. The smallest absolute Gasteiger partial charge is 0.337 e. The van der Waals surface area contributed by atoms with Gasteiger partial charge in [0.2, 0.25) is 0 Å². The van der Waals surface area contributed by atoms with E-state index in [-0.39, 0.29) is 30.7 Å². The van der Waals surface area contributed by atoms with E-state index in [0.717, 1.165) is 13.0 Å². The summed E-state index contributed by atoms with van der Waals surface area (Å²) < 4.78 is 22.1. The van der Waals surface area contributed by atoms with Gasteiger partial charge in [0, 0.05) is 19.5 Å². The third-order valence-electron chi connectivity index (χ3n) is 7.73. The van der Waals surface area contributed by atoms with Gasteiger partial charge in [0.1, 0.15) is 5.75 Å². The Balaban J connectivity index is 1.76. The van der Waals surface area contributed by atoms with Crippen molar-refractivity contribution in [2.75, 3.05) is 34.4 Å². The molecular weight excluding hydrogens is 480 g/mol. The van der Waals surface area contributed by atoms with Crippen molar-refractivity contribution < 1.29 is 38.4 Å². The summed E-state index contributed by atoms with van der Waals surface area (Å²) in [6.07, 6.45) is 2.79. The fourth-order valence-electron chi connectivity index (χ4n) is 6.04. The fourth-order valence-corrected chi connectivity index (χ4v) is 6.04. The van der Waals surface area contributed by atoms with Crippen LogP contribution in [-0.2, 0) is 34.2 Å². The van der Waals surface area contributed by atoms with Crippen LogP contribution in [0.2, 0.25) is 0 Å². The van der Waals surface area contributed by atoms with Gasteiger partial charge in [-0.05, 0) is 30.4 Å². The van der Waals surface area contributed by atoms with Gasteiger partial charge >= 0.3 is 17.9 Å².